The van der Waals surface area contributed by atoms with Gasteiger partial charge in [-0.3, -0.25) is 9.69 Å². The zero-order chi connectivity index (χ0) is 20.8. The number of hydrogen-bond acceptors (Lipinski definition) is 6. The first-order chi connectivity index (χ1) is 14.0. The van der Waals surface area contributed by atoms with Gasteiger partial charge in [-0.05, 0) is 42.3 Å². The number of likely N-dealkylation sites (N-methyl/N-ethyl adjacent to an activating group) is 1. The molecule has 29 heavy (non-hydrogen) atoms. The SMILES string of the molecule is COc1cc(/C=C2/SC(=S)N(C)C2=O)ccc1OCCCOc1ccccc1C. The second-order valence-electron chi connectivity index (χ2n) is 6.47. The quantitative estimate of drug-likeness (QED) is 0.345. The third-order valence-corrected chi connectivity index (χ3v) is 5.85. The van der Waals surface area contributed by atoms with Crippen molar-refractivity contribution in [2.24, 2.45) is 0 Å². The molecule has 2 aromatic carbocycles. The largest absolute Gasteiger partial charge is 0.493 e. The van der Waals surface area contributed by atoms with E-state index in [-0.39, 0.29) is 5.91 Å². The van der Waals surface area contributed by atoms with Crippen molar-refractivity contribution < 1.29 is 19.0 Å². The van der Waals surface area contributed by atoms with Gasteiger partial charge >= 0.3 is 0 Å². The van der Waals surface area contributed by atoms with E-state index in [1.54, 1.807) is 14.2 Å². The van der Waals surface area contributed by atoms with E-state index in [2.05, 4.69) is 0 Å². The molecule has 0 spiro atoms. The van der Waals surface area contributed by atoms with Crippen LogP contribution in [0.5, 0.6) is 17.2 Å². The smallest absolute Gasteiger partial charge is 0.265 e. The normalized spacial score (nSPS) is 15.1. The molecule has 0 N–H and O–H groups in total. The topological polar surface area (TPSA) is 48.0 Å². The van der Waals surface area contributed by atoms with Crippen molar-refractivity contribution in [1.29, 1.82) is 0 Å². The van der Waals surface area contributed by atoms with Crippen molar-refractivity contribution >= 4 is 40.3 Å². The highest BCUT2D eigenvalue weighted by molar-refractivity contribution is 8.26. The van der Waals surface area contributed by atoms with Gasteiger partial charge in [0.1, 0.15) is 10.1 Å². The van der Waals surface area contributed by atoms with Crippen LogP contribution in [0.4, 0.5) is 0 Å². The predicted molar refractivity (Wildman–Crippen MR) is 121 cm³/mol. The van der Waals surface area contributed by atoms with E-state index in [0.717, 1.165) is 23.3 Å². The molecule has 0 saturated carbocycles. The van der Waals surface area contributed by atoms with Gasteiger partial charge in [0.25, 0.3) is 5.91 Å². The Labute approximate surface area is 180 Å². The molecule has 0 bridgehead atoms. The van der Waals surface area contributed by atoms with E-state index in [0.29, 0.717) is 33.9 Å². The number of thioether (sulfide) groups is 1. The molecular weight excluding hydrogens is 406 g/mol. The van der Waals surface area contributed by atoms with E-state index in [1.165, 1.54) is 16.7 Å². The van der Waals surface area contributed by atoms with Crippen molar-refractivity contribution in [2.45, 2.75) is 13.3 Å². The minimum absolute atomic E-state index is 0.0899. The average molecular weight is 430 g/mol. The molecule has 0 aromatic heterocycles. The first-order valence-corrected chi connectivity index (χ1v) is 10.4. The second-order valence-corrected chi connectivity index (χ2v) is 8.14. The molecule has 5 nitrogen and oxygen atoms in total. The number of benzene rings is 2. The standard InChI is InChI=1S/C22H23NO4S2/c1-15-7-4-5-8-17(15)26-11-6-12-27-18-10-9-16(13-19(18)25-3)14-20-21(24)23(2)22(28)29-20/h4-5,7-10,13-14H,6,11-12H2,1-3H3/b20-14+. The number of amides is 1. The van der Waals surface area contributed by atoms with Gasteiger partial charge in [0.05, 0.1) is 25.2 Å². The first-order valence-electron chi connectivity index (χ1n) is 9.20. The van der Waals surface area contributed by atoms with Gasteiger partial charge in [0, 0.05) is 13.5 Å². The molecule has 1 heterocycles. The summed E-state index contributed by atoms with van der Waals surface area (Å²) in [6, 6.07) is 13.5. The Kier molecular flexibility index (Phi) is 7.17. The van der Waals surface area contributed by atoms with Crippen LogP contribution in [0.2, 0.25) is 0 Å². The number of ether oxygens (including phenoxy) is 3. The summed E-state index contributed by atoms with van der Waals surface area (Å²) in [6.45, 7) is 3.11. The fourth-order valence-electron chi connectivity index (χ4n) is 2.73. The highest BCUT2D eigenvalue weighted by Crippen LogP contribution is 2.34. The van der Waals surface area contributed by atoms with Crippen LogP contribution in [-0.4, -0.2) is 42.5 Å². The van der Waals surface area contributed by atoms with Crippen LogP contribution in [0.25, 0.3) is 6.08 Å². The Hall–Kier alpha value is -2.51. The predicted octanol–water partition coefficient (Wildman–Crippen LogP) is 4.68. The van der Waals surface area contributed by atoms with Crippen LogP contribution in [0.3, 0.4) is 0 Å². The molecule has 1 aliphatic rings. The van der Waals surface area contributed by atoms with Crippen molar-refractivity contribution in [3.8, 4) is 17.2 Å². The third kappa shape index (κ3) is 5.31. The van der Waals surface area contributed by atoms with E-state index in [9.17, 15) is 4.79 Å². The Balaban J connectivity index is 1.56. The summed E-state index contributed by atoms with van der Waals surface area (Å²) in [5, 5.41) is 0. The molecule has 0 aliphatic carbocycles. The molecule has 1 fully saturated rings. The summed E-state index contributed by atoms with van der Waals surface area (Å²) >= 11 is 6.46. The molecule has 0 radical (unpaired) electrons. The molecule has 1 saturated heterocycles. The highest BCUT2D eigenvalue weighted by atomic mass is 32.2. The lowest BCUT2D eigenvalue weighted by Crippen LogP contribution is -2.22. The number of nitrogens with zero attached hydrogens (tertiary/aromatic N) is 1. The van der Waals surface area contributed by atoms with Crippen molar-refractivity contribution in [1.82, 2.24) is 4.90 Å². The van der Waals surface area contributed by atoms with E-state index in [4.69, 9.17) is 26.4 Å². The number of hydrogen-bond donors (Lipinski definition) is 0. The zero-order valence-corrected chi connectivity index (χ0v) is 18.3. The molecule has 152 valence electrons. The average Bonchev–Trinajstić information content (AvgIpc) is 2.96. The van der Waals surface area contributed by atoms with E-state index in [1.807, 2.05) is 55.5 Å². The van der Waals surface area contributed by atoms with Crippen molar-refractivity contribution in [3.63, 3.8) is 0 Å². The highest BCUT2D eigenvalue weighted by Gasteiger charge is 2.28. The minimum atomic E-state index is -0.0899. The second kappa shape index (κ2) is 9.80. The summed E-state index contributed by atoms with van der Waals surface area (Å²) in [7, 11) is 3.28. The van der Waals surface area contributed by atoms with Crippen molar-refractivity contribution in [3.05, 3.63) is 58.5 Å². The zero-order valence-electron chi connectivity index (χ0n) is 16.6. The number of rotatable bonds is 8. The van der Waals surface area contributed by atoms with E-state index >= 15 is 0 Å². The third-order valence-electron chi connectivity index (χ3n) is 4.37. The first kappa shape index (κ1) is 21.2. The van der Waals surface area contributed by atoms with Crippen LogP contribution in [0.1, 0.15) is 17.5 Å². The number of thiocarbonyl (C=S) groups is 1. The number of methoxy groups -OCH3 is 1. The van der Waals surface area contributed by atoms with Crippen LogP contribution in [-0.2, 0) is 4.79 Å². The minimum Gasteiger partial charge on any atom is -0.493 e. The molecular formula is C22H23NO4S2. The number of carbonyl (C=O) groups is 1. The Bertz CT molecular complexity index is 942. The fraction of sp³-hybridized carbons (Fsp3) is 0.273. The number of carbonyl (C=O) groups excluding carboxylic acids is 1. The molecule has 1 amide bonds. The molecule has 3 rings (SSSR count). The molecule has 2 aromatic rings. The fourth-order valence-corrected chi connectivity index (χ4v) is 3.91. The monoisotopic (exact) mass is 429 g/mol. The van der Waals surface area contributed by atoms with Crippen LogP contribution in [0.15, 0.2) is 47.4 Å². The molecule has 1 aliphatic heterocycles. The van der Waals surface area contributed by atoms with Crippen LogP contribution >= 0.6 is 24.0 Å². The Morgan fingerprint density at radius 1 is 1.07 bits per heavy atom. The van der Waals surface area contributed by atoms with Gasteiger partial charge < -0.3 is 14.2 Å². The molecule has 0 atom stereocenters. The van der Waals surface area contributed by atoms with Gasteiger partial charge in [-0.1, -0.05) is 48.2 Å². The number of para-hydroxylation sites is 1. The maximum atomic E-state index is 12.1. The lowest BCUT2D eigenvalue weighted by Gasteiger charge is -2.12. The Morgan fingerprint density at radius 3 is 2.45 bits per heavy atom. The van der Waals surface area contributed by atoms with Gasteiger partial charge in [0.2, 0.25) is 0 Å². The molecule has 7 heteroatoms. The van der Waals surface area contributed by atoms with Gasteiger partial charge in [-0.25, -0.2) is 0 Å². The lowest BCUT2D eigenvalue weighted by atomic mass is 10.2. The van der Waals surface area contributed by atoms with Crippen LogP contribution < -0.4 is 14.2 Å². The number of aryl methyl sites for hydroxylation is 1. The van der Waals surface area contributed by atoms with Gasteiger partial charge in [0.15, 0.2) is 11.5 Å². The van der Waals surface area contributed by atoms with Crippen LogP contribution in [0, 0.1) is 6.92 Å². The van der Waals surface area contributed by atoms with Gasteiger partial charge in [-0.2, -0.15) is 0 Å². The van der Waals surface area contributed by atoms with Crippen molar-refractivity contribution in [2.75, 3.05) is 27.4 Å². The summed E-state index contributed by atoms with van der Waals surface area (Å²) < 4.78 is 17.6. The summed E-state index contributed by atoms with van der Waals surface area (Å²) in [5.74, 6) is 2.08. The Morgan fingerprint density at radius 2 is 1.79 bits per heavy atom. The lowest BCUT2D eigenvalue weighted by molar-refractivity contribution is -0.121. The van der Waals surface area contributed by atoms with Gasteiger partial charge in [-0.15, -0.1) is 0 Å². The summed E-state index contributed by atoms with van der Waals surface area (Å²) in [6.07, 6.45) is 2.56. The summed E-state index contributed by atoms with van der Waals surface area (Å²) in [4.78, 5) is 14.2. The van der Waals surface area contributed by atoms with E-state index < -0.39 is 0 Å². The summed E-state index contributed by atoms with van der Waals surface area (Å²) in [5.41, 5.74) is 1.97. The molecule has 0 unspecified atom stereocenters. The maximum absolute atomic E-state index is 12.1. The maximum Gasteiger partial charge on any atom is 0.265 e.